The van der Waals surface area contributed by atoms with Crippen LogP contribution in [0.2, 0.25) is 0 Å². The fourth-order valence-electron chi connectivity index (χ4n) is 2.32. The van der Waals surface area contributed by atoms with Crippen LogP contribution < -0.4 is 5.73 Å². The first-order chi connectivity index (χ1) is 6.31. The van der Waals surface area contributed by atoms with E-state index in [9.17, 15) is 4.79 Å². The first-order valence-electron chi connectivity index (χ1n) is 4.86. The van der Waals surface area contributed by atoms with Crippen molar-refractivity contribution in [3.05, 3.63) is 12.2 Å². The summed E-state index contributed by atoms with van der Waals surface area (Å²) in [4.78, 5) is 11.5. The lowest BCUT2D eigenvalue weighted by Crippen LogP contribution is -2.24. The Morgan fingerprint density at radius 3 is 2.85 bits per heavy atom. The molecule has 2 bridgehead atoms. The Kier molecular flexibility index (Phi) is 2.36. The SMILES string of the molecule is NCCOC(=O)C1CC2C=CC1C2. The third-order valence-electron chi connectivity index (χ3n) is 2.94. The largest absolute Gasteiger partial charge is 0.464 e. The van der Waals surface area contributed by atoms with Crippen molar-refractivity contribution in [1.82, 2.24) is 0 Å². The number of carbonyl (C=O) groups is 1. The van der Waals surface area contributed by atoms with Crippen LogP contribution in [0, 0.1) is 17.8 Å². The van der Waals surface area contributed by atoms with Crippen LogP contribution in [0.5, 0.6) is 0 Å². The van der Waals surface area contributed by atoms with E-state index < -0.39 is 0 Å². The molecule has 2 rings (SSSR count). The highest BCUT2D eigenvalue weighted by atomic mass is 16.5. The lowest BCUT2D eigenvalue weighted by molar-refractivity contribution is -0.149. The summed E-state index contributed by atoms with van der Waals surface area (Å²) in [5.41, 5.74) is 5.26. The average molecular weight is 181 g/mol. The third kappa shape index (κ3) is 1.61. The van der Waals surface area contributed by atoms with Gasteiger partial charge in [0.15, 0.2) is 0 Å². The molecular formula is C10H15NO2. The predicted molar refractivity (Wildman–Crippen MR) is 48.9 cm³/mol. The van der Waals surface area contributed by atoms with Crippen molar-refractivity contribution in [3.8, 4) is 0 Å². The second-order valence-corrected chi connectivity index (χ2v) is 3.84. The second kappa shape index (κ2) is 3.50. The summed E-state index contributed by atoms with van der Waals surface area (Å²) in [6.07, 6.45) is 6.49. The summed E-state index contributed by atoms with van der Waals surface area (Å²) in [6, 6.07) is 0. The number of fused-ring (bicyclic) bond motifs is 2. The summed E-state index contributed by atoms with van der Waals surface area (Å²) in [6.45, 7) is 0.777. The zero-order valence-corrected chi connectivity index (χ0v) is 7.61. The van der Waals surface area contributed by atoms with Gasteiger partial charge in [-0.15, -0.1) is 0 Å². The molecule has 0 aromatic carbocycles. The Labute approximate surface area is 77.9 Å². The van der Waals surface area contributed by atoms with Gasteiger partial charge in [0.25, 0.3) is 0 Å². The van der Waals surface area contributed by atoms with E-state index >= 15 is 0 Å². The van der Waals surface area contributed by atoms with Gasteiger partial charge in [0.05, 0.1) is 5.92 Å². The zero-order chi connectivity index (χ0) is 9.26. The summed E-state index contributed by atoms with van der Waals surface area (Å²) >= 11 is 0. The number of allylic oxidation sites excluding steroid dienone is 2. The number of carbonyl (C=O) groups excluding carboxylic acids is 1. The van der Waals surface area contributed by atoms with E-state index in [0.717, 1.165) is 12.8 Å². The molecule has 0 aliphatic heterocycles. The molecule has 2 N–H and O–H groups in total. The van der Waals surface area contributed by atoms with Crippen molar-refractivity contribution in [1.29, 1.82) is 0 Å². The molecule has 1 saturated carbocycles. The number of ether oxygens (including phenoxy) is 1. The minimum absolute atomic E-state index is 0.0534. The smallest absolute Gasteiger partial charge is 0.309 e. The summed E-state index contributed by atoms with van der Waals surface area (Å²) in [7, 11) is 0. The molecule has 2 aliphatic carbocycles. The minimum Gasteiger partial charge on any atom is -0.464 e. The molecule has 0 heterocycles. The lowest BCUT2D eigenvalue weighted by Gasteiger charge is -2.16. The average Bonchev–Trinajstić information content (AvgIpc) is 2.74. The Morgan fingerprint density at radius 1 is 1.46 bits per heavy atom. The number of nitrogens with two attached hydrogens (primary N) is 1. The van der Waals surface area contributed by atoms with Crippen molar-refractivity contribution < 1.29 is 9.53 Å². The molecule has 3 heteroatoms. The monoisotopic (exact) mass is 181 g/mol. The molecule has 72 valence electrons. The first-order valence-corrected chi connectivity index (χ1v) is 4.86. The van der Waals surface area contributed by atoms with E-state index in [1.54, 1.807) is 0 Å². The molecule has 3 unspecified atom stereocenters. The molecule has 13 heavy (non-hydrogen) atoms. The predicted octanol–water partition coefficient (Wildman–Crippen LogP) is 0.700. The third-order valence-corrected chi connectivity index (χ3v) is 2.94. The standard InChI is InChI=1S/C10H15NO2/c11-3-4-13-10(12)9-6-7-1-2-8(9)5-7/h1-2,7-9H,3-6,11H2. The molecule has 0 amide bonds. The van der Waals surface area contributed by atoms with Crippen LogP contribution in [0.15, 0.2) is 12.2 Å². The maximum Gasteiger partial charge on any atom is 0.309 e. The van der Waals surface area contributed by atoms with Gasteiger partial charge in [-0.25, -0.2) is 0 Å². The van der Waals surface area contributed by atoms with Crippen molar-refractivity contribution in [2.24, 2.45) is 23.5 Å². The van der Waals surface area contributed by atoms with E-state index in [-0.39, 0.29) is 11.9 Å². The molecule has 3 nitrogen and oxygen atoms in total. The maximum atomic E-state index is 11.5. The normalized spacial score (nSPS) is 35.3. The number of rotatable bonds is 3. The zero-order valence-electron chi connectivity index (χ0n) is 7.61. The van der Waals surface area contributed by atoms with Crippen LogP contribution in [-0.4, -0.2) is 19.1 Å². The number of hydrogen-bond acceptors (Lipinski definition) is 3. The molecule has 0 aromatic heterocycles. The van der Waals surface area contributed by atoms with Gasteiger partial charge in [0, 0.05) is 6.54 Å². The first kappa shape index (κ1) is 8.75. The molecule has 0 saturated heterocycles. The topological polar surface area (TPSA) is 52.3 Å². The van der Waals surface area contributed by atoms with Crippen molar-refractivity contribution >= 4 is 5.97 Å². The van der Waals surface area contributed by atoms with Gasteiger partial charge < -0.3 is 10.5 Å². The summed E-state index contributed by atoms with van der Waals surface area (Å²) in [5, 5.41) is 0. The van der Waals surface area contributed by atoms with Gasteiger partial charge in [-0.2, -0.15) is 0 Å². The van der Waals surface area contributed by atoms with Gasteiger partial charge in [0.2, 0.25) is 0 Å². The highest BCUT2D eigenvalue weighted by Crippen LogP contribution is 2.43. The van der Waals surface area contributed by atoms with E-state index in [2.05, 4.69) is 12.2 Å². The Hall–Kier alpha value is -0.830. The maximum absolute atomic E-state index is 11.5. The van der Waals surface area contributed by atoms with Gasteiger partial charge in [-0.1, -0.05) is 12.2 Å². The van der Waals surface area contributed by atoms with E-state index in [1.807, 2.05) is 0 Å². The number of esters is 1. The highest BCUT2D eigenvalue weighted by Gasteiger charge is 2.40. The van der Waals surface area contributed by atoms with E-state index in [4.69, 9.17) is 10.5 Å². The molecule has 3 atom stereocenters. The molecular weight excluding hydrogens is 166 g/mol. The van der Waals surface area contributed by atoms with Crippen molar-refractivity contribution in [3.63, 3.8) is 0 Å². The fraction of sp³-hybridized carbons (Fsp3) is 0.700. The Bertz CT molecular complexity index is 237. The van der Waals surface area contributed by atoms with Crippen molar-refractivity contribution in [2.75, 3.05) is 13.2 Å². The summed E-state index contributed by atoms with van der Waals surface area (Å²) in [5.74, 6) is 1.12. The van der Waals surface area contributed by atoms with Crippen LogP contribution >= 0.6 is 0 Å². The van der Waals surface area contributed by atoms with Crippen LogP contribution in [0.25, 0.3) is 0 Å². The molecule has 0 spiro atoms. The van der Waals surface area contributed by atoms with E-state index in [0.29, 0.717) is 25.0 Å². The Balaban J connectivity index is 1.88. The van der Waals surface area contributed by atoms with Crippen molar-refractivity contribution in [2.45, 2.75) is 12.8 Å². The Morgan fingerprint density at radius 2 is 2.31 bits per heavy atom. The van der Waals surface area contributed by atoms with Crippen LogP contribution in [0.3, 0.4) is 0 Å². The van der Waals surface area contributed by atoms with Crippen LogP contribution in [0.4, 0.5) is 0 Å². The lowest BCUT2D eigenvalue weighted by atomic mass is 9.94. The second-order valence-electron chi connectivity index (χ2n) is 3.84. The van der Waals surface area contributed by atoms with Gasteiger partial charge in [-0.3, -0.25) is 4.79 Å². The quantitative estimate of drug-likeness (QED) is 0.515. The molecule has 0 radical (unpaired) electrons. The minimum atomic E-state index is -0.0534. The van der Waals surface area contributed by atoms with Gasteiger partial charge >= 0.3 is 5.97 Å². The fourth-order valence-corrected chi connectivity index (χ4v) is 2.32. The molecule has 0 aromatic rings. The van der Waals surface area contributed by atoms with Crippen LogP contribution in [0.1, 0.15) is 12.8 Å². The van der Waals surface area contributed by atoms with Gasteiger partial charge in [0.1, 0.15) is 6.61 Å². The number of hydrogen-bond donors (Lipinski definition) is 1. The van der Waals surface area contributed by atoms with E-state index in [1.165, 1.54) is 0 Å². The highest BCUT2D eigenvalue weighted by molar-refractivity contribution is 5.74. The van der Waals surface area contributed by atoms with Crippen LogP contribution in [-0.2, 0) is 9.53 Å². The molecule has 2 aliphatic rings. The molecule has 1 fully saturated rings. The summed E-state index contributed by atoms with van der Waals surface area (Å²) < 4.78 is 5.03. The van der Waals surface area contributed by atoms with Gasteiger partial charge in [-0.05, 0) is 24.7 Å².